The summed E-state index contributed by atoms with van der Waals surface area (Å²) in [5.74, 6) is -0.597. The van der Waals surface area contributed by atoms with Crippen LogP contribution in [0.5, 0.6) is 0 Å². The van der Waals surface area contributed by atoms with Crippen molar-refractivity contribution in [1.82, 2.24) is 9.47 Å². The molecule has 1 saturated heterocycles. The molecule has 6 rings (SSSR count). The summed E-state index contributed by atoms with van der Waals surface area (Å²) in [6, 6.07) is 19.3. The molecule has 1 fully saturated rings. The van der Waals surface area contributed by atoms with E-state index in [1.54, 1.807) is 22.8 Å². The van der Waals surface area contributed by atoms with Gasteiger partial charge in [0.05, 0.1) is 5.52 Å². The van der Waals surface area contributed by atoms with Crippen LogP contribution in [0.15, 0.2) is 75.9 Å². The van der Waals surface area contributed by atoms with E-state index in [1.807, 2.05) is 30.3 Å². The van der Waals surface area contributed by atoms with Crippen LogP contribution < -0.4 is 10.7 Å². The topological polar surface area (TPSA) is 41.6 Å². The van der Waals surface area contributed by atoms with Crippen molar-refractivity contribution < 1.29 is 13.2 Å². The third-order valence-electron chi connectivity index (χ3n) is 7.43. The number of fused-ring (bicyclic) bond motifs is 4. The van der Waals surface area contributed by atoms with Crippen LogP contribution in [0.1, 0.15) is 30.7 Å². The van der Waals surface area contributed by atoms with E-state index in [1.165, 1.54) is 18.2 Å². The Morgan fingerprint density at radius 2 is 1.69 bits per heavy atom. The Balaban J connectivity index is 1.14. The van der Waals surface area contributed by atoms with E-state index in [0.29, 0.717) is 12.1 Å². The summed E-state index contributed by atoms with van der Waals surface area (Å²) in [6.45, 7) is 3.36. The molecule has 2 aliphatic heterocycles. The van der Waals surface area contributed by atoms with Crippen LogP contribution in [-0.2, 0) is 6.54 Å². The number of halogens is 2. The Morgan fingerprint density at radius 3 is 2.54 bits per heavy atom. The third kappa shape index (κ3) is 4.04. The van der Waals surface area contributed by atoms with E-state index in [-0.39, 0.29) is 29.4 Å². The van der Waals surface area contributed by atoms with E-state index in [0.717, 1.165) is 61.4 Å². The first-order valence-corrected chi connectivity index (χ1v) is 12.2. The van der Waals surface area contributed by atoms with E-state index in [9.17, 15) is 13.6 Å². The molecule has 4 aromatic rings. The molecule has 0 aliphatic carbocycles. The number of piperidine rings is 1. The van der Waals surface area contributed by atoms with E-state index >= 15 is 0 Å². The van der Waals surface area contributed by atoms with Crippen molar-refractivity contribution in [3.05, 3.63) is 94.5 Å². The van der Waals surface area contributed by atoms with Crippen LogP contribution in [0.25, 0.3) is 11.1 Å². The summed E-state index contributed by atoms with van der Waals surface area (Å²) < 4.78 is 34.8. The monoisotopic (exact) mass is 475 g/mol. The zero-order chi connectivity index (χ0) is 23.9. The number of rotatable bonds is 6. The standard InChI is InChI=1S/C28H27F2N3O2/c29-19-7-10-21(11-8-19)33-24-12-9-20(30)17-22(24)23-18-31(16-13-25(23)33)14-3-4-15-32-26-5-1-2-6-27(26)35-28(32)34/h1-2,5-12,17,23,25H,3-4,13-16,18H2/t23?,25-/m1/s1. The van der Waals surface area contributed by atoms with Crippen molar-refractivity contribution >= 4 is 22.5 Å². The fourth-order valence-electron chi connectivity index (χ4n) is 5.81. The van der Waals surface area contributed by atoms with E-state index in [4.69, 9.17) is 4.42 Å². The van der Waals surface area contributed by atoms with Gasteiger partial charge in [-0.1, -0.05) is 12.1 Å². The molecule has 180 valence electrons. The molecule has 1 aromatic heterocycles. The highest BCUT2D eigenvalue weighted by molar-refractivity contribution is 5.73. The minimum absolute atomic E-state index is 0.194. The number of aryl methyl sites for hydroxylation is 1. The number of oxazole rings is 1. The van der Waals surface area contributed by atoms with Crippen molar-refractivity contribution in [2.75, 3.05) is 24.5 Å². The molecule has 7 heteroatoms. The quantitative estimate of drug-likeness (QED) is 0.338. The zero-order valence-corrected chi connectivity index (χ0v) is 19.4. The van der Waals surface area contributed by atoms with Crippen LogP contribution in [0.3, 0.4) is 0 Å². The third-order valence-corrected chi connectivity index (χ3v) is 7.43. The second-order valence-electron chi connectivity index (χ2n) is 9.51. The van der Waals surface area contributed by atoms with Gasteiger partial charge in [-0.25, -0.2) is 13.6 Å². The Bertz CT molecular complexity index is 1410. The van der Waals surface area contributed by atoms with Crippen molar-refractivity contribution in [3.63, 3.8) is 0 Å². The van der Waals surface area contributed by atoms with Gasteiger partial charge in [-0.2, -0.15) is 0 Å². The Labute approximate surface area is 202 Å². The second-order valence-corrected chi connectivity index (χ2v) is 9.51. The van der Waals surface area contributed by atoms with Gasteiger partial charge in [0.25, 0.3) is 0 Å². The molecule has 0 N–H and O–H groups in total. The van der Waals surface area contributed by atoms with Gasteiger partial charge in [0.1, 0.15) is 11.6 Å². The molecule has 1 unspecified atom stereocenters. The number of hydrogen-bond acceptors (Lipinski definition) is 4. The number of nitrogens with zero attached hydrogens (tertiary/aromatic N) is 3. The minimum atomic E-state index is -0.308. The number of aromatic nitrogens is 1. The number of unbranched alkanes of at least 4 members (excludes halogenated alkanes) is 1. The molecule has 0 bridgehead atoms. The molecule has 5 nitrogen and oxygen atoms in total. The first kappa shape index (κ1) is 22.0. The first-order chi connectivity index (χ1) is 17.1. The number of benzene rings is 3. The van der Waals surface area contributed by atoms with Crippen molar-refractivity contribution in [1.29, 1.82) is 0 Å². The largest absolute Gasteiger partial charge is 0.419 e. The second kappa shape index (κ2) is 8.96. The first-order valence-electron chi connectivity index (χ1n) is 12.2. The summed E-state index contributed by atoms with van der Waals surface area (Å²) >= 11 is 0. The lowest BCUT2D eigenvalue weighted by Crippen LogP contribution is -2.45. The molecule has 3 aromatic carbocycles. The number of hydrogen-bond donors (Lipinski definition) is 0. The number of anilines is 2. The average molecular weight is 476 g/mol. The SMILES string of the molecule is O=c1oc2ccccc2n1CCCCN1CC[C@@H]2C(C1)c1cc(F)ccc1N2c1ccc(F)cc1. The van der Waals surface area contributed by atoms with Crippen molar-refractivity contribution in [2.24, 2.45) is 0 Å². The molecule has 0 amide bonds. The van der Waals surface area contributed by atoms with Gasteiger partial charge in [-0.3, -0.25) is 4.57 Å². The minimum Gasteiger partial charge on any atom is -0.408 e. The van der Waals surface area contributed by atoms with Crippen LogP contribution in [-0.4, -0.2) is 35.1 Å². The predicted molar refractivity (Wildman–Crippen MR) is 132 cm³/mol. The Morgan fingerprint density at radius 1 is 0.914 bits per heavy atom. The summed E-state index contributed by atoms with van der Waals surface area (Å²) in [6.07, 6.45) is 2.78. The van der Waals surface area contributed by atoms with E-state index in [2.05, 4.69) is 9.80 Å². The van der Waals surface area contributed by atoms with Crippen LogP contribution in [0.4, 0.5) is 20.2 Å². The average Bonchev–Trinajstić information content (AvgIpc) is 3.36. The lowest BCUT2D eigenvalue weighted by Gasteiger charge is -2.39. The van der Waals surface area contributed by atoms with Gasteiger partial charge in [0.15, 0.2) is 5.58 Å². The summed E-state index contributed by atoms with van der Waals surface area (Å²) in [4.78, 5) is 16.9. The molecule has 3 heterocycles. The summed E-state index contributed by atoms with van der Waals surface area (Å²) in [5.41, 5.74) is 4.45. The highest BCUT2D eigenvalue weighted by Crippen LogP contribution is 2.48. The van der Waals surface area contributed by atoms with Gasteiger partial charge >= 0.3 is 5.76 Å². The number of para-hydroxylation sites is 2. The maximum absolute atomic E-state index is 14.2. The van der Waals surface area contributed by atoms with Crippen LogP contribution >= 0.6 is 0 Å². The van der Waals surface area contributed by atoms with Crippen LogP contribution in [0, 0.1) is 11.6 Å². The fraction of sp³-hybridized carbons (Fsp3) is 0.321. The molecule has 0 saturated carbocycles. The molecule has 0 radical (unpaired) electrons. The van der Waals surface area contributed by atoms with Gasteiger partial charge in [0, 0.05) is 43.0 Å². The van der Waals surface area contributed by atoms with Crippen molar-refractivity contribution in [3.8, 4) is 0 Å². The summed E-state index contributed by atoms with van der Waals surface area (Å²) in [7, 11) is 0. The highest BCUT2D eigenvalue weighted by Gasteiger charge is 2.42. The van der Waals surface area contributed by atoms with Crippen LogP contribution in [0.2, 0.25) is 0 Å². The molecule has 2 aliphatic rings. The molecule has 0 spiro atoms. The van der Waals surface area contributed by atoms with Gasteiger partial charge < -0.3 is 14.2 Å². The van der Waals surface area contributed by atoms with Gasteiger partial charge in [0.2, 0.25) is 0 Å². The maximum Gasteiger partial charge on any atom is 0.419 e. The summed E-state index contributed by atoms with van der Waals surface area (Å²) in [5, 5.41) is 0. The van der Waals surface area contributed by atoms with E-state index < -0.39 is 0 Å². The normalized spacial score (nSPS) is 19.8. The predicted octanol–water partition coefficient (Wildman–Crippen LogP) is 5.66. The molecular formula is C28H27F2N3O2. The fourth-order valence-corrected chi connectivity index (χ4v) is 5.81. The molecular weight excluding hydrogens is 448 g/mol. The van der Waals surface area contributed by atoms with Gasteiger partial charge in [-0.15, -0.1) is 0 Å². The smallest absolute Gasteiger partial charge is 0.408 e. The molecule has 2 atom stereocenters. The Hall–Kier alpha value is -3.45. The zero-order valence-electron chi connectivity index (χ0n) is 19.4. The lowest BCUT2D eigenvalue weighted by molar-refractivity contribution is 0.192. The molecule has 35 heavy (non-hydrogen) atoms. The van der Waals surface area contributed by atoms with Crippen molar-refractivity contribution in [2.45, 2.75) is 37.8 Å². The maximum atomic E-state index is 14.2. The van der Waals surface area contributed by atoms with Gasteiger partial charge in [-0.05, 0) is 86.0 Å². The highest BCUT2D eigenvalue weighted by atomic mass is 19.1. The Kier molecular flexibility index (Phi) is 5.65. The lowest BCUT2D eigenvalue weighted by atomic mass is 9.89. The number of likely N-dealkylation sites (tertiary alicyclic amines) is 1.